The number of nitrogens with zero attached hydrogens (tertiary/aromatic N) is 3. The highest BCUT2D eigenvalue weighted by atomic mass is 19.1. The zero-order valence-electron chi connectivity index (χ0n) is 21.4. The van der Waals surface area contributed by atoms with E-state index >= 15 is 0 Å². The van der Waals surface area contributed by atoms with E-state index in [9.17, 15) is 9.18 Å². The van der Waals surface area contributed by atoms with Gasteiger partial charge in [-0.3, -0.25) is 4.79 Å². The van der Waals surface area contributed by atoms with E-state index in [0.717, 1.165) is 60.1 Å². The Morgan fingerprint density at radius 1 is 1.05 bits per heavy atom. The van der Waals surface area contributed by atoms with Crippen LogP contribution < -0.4 is 10.6 Å². The molecule has 0 saturated carbocycles. The third kappa shape index (κ3) is 6.23. The van der Waals surface area contributed by atoms with Crippen LogP contribution >= 0.6 is 0 Å². The second kappa shape index (κ2) is 12.0. The van der Waals surface area contributed by atoms with Crippen molar-refractivity contribution in [2.75, 3.05) is 36.9 Å². The minimum absolute atomic E-state index is 0.251. The number of aromatic nitrogens is 2. The van der Waals surface area contributed by atoms with Gasteiger partial charge in [-0.15, -0.1) is 0 Å². The van der Waals surface area contributed by atoms with Crippen molar-refractivity contribution in [2.45, 2.75) is 19.3 Å². The first-order valence-corrected chi connectivity index (χ1v) is 13.0. The molecule has 1 aromatic heterocycles. The van der Waals surface area contributed by atoms with Gasteiger partial charge in [0.25, 0.3) is 0 Å². The summed E-state index contributed by atoms with van der Waals surface area (Å²) >= 11 is 0. The Morgan fingerprint density at radius 2 is 1.84 bits per heavy atom. The molecule has 194 valence electrons. The van der Waals surface area contributed by atoms with Crippen molar-refractivity contribution in [3.63, 3.8) is 0 Å². The number of para-hydroxylation sites is 1. The predicted molar refractivity (Wildman–Crippen MR) is 152 cm³/mol. The van der Waals surface area contributed by atoms with Gasteiger partial charge in [-0.25, -0.2) is 14.4 Å². The van der Waals surface area contributed by atoms with Gasteiger partial charge in [0.15, 0.2) is 0 Å². The third-order valence-electron chi connectivity index (χ3n) is 7.08. The molecule has 1 saturated heterocycles. The van der Waals surface area contributed by atoms with E-state index in [2.05, 4.69) is 51.4 Å². The normalized spacial score (nSPS) is 14.3. The fraction of sp³-hybridized carbons (Fsp3) is 0.258. The number of halogens is 1. The SMILES string of the molecule is C=CC(=O)Nc1cccc(-c2cccc3cnc(Nc4ccc(CC5CCN(CCF)CC5)cc4)nc23)c1. The molecule has 2 heterocycles. The maximum Gasteiger partial charge on any atom is 0.247 e. The van der Waals surface area contributed by atoms with Gasteiger partial charge in [0, 0.05) is 35.1 Å². The Morgan fingerprint density at radius 3 is 2.61 bits per heavy atom. The number of anilines is 3. The summed E-state index contributed by atoms with van der Waals surface area (Å²) in [5.74, 6) is 0.920. The minimum atomic E-state index is -0.260. The zero-order valence-corrected chi connectivity index (χ0v) is 21.4. The molecule has 38 heavy (non-hydrogen) atoms. The first-order valence-electron chi connectivity index (χ1n) is 13.0. The van der Waals surface area contributed by atoms with Gasteiger partial charge in [-0.05, 0) is 79.7 Å². The number of alkyl halides is 1. The molecule has 0 atom stereocenters. The van der Waals surface area contributed by atoms with Crippen LogP contribution in [0.5, 0.6) is 0 Å². The largest absolute Gasteiger partial charge is 0.324 e. The lowest BCUT2D eigenvalue weighted by molar-refractivity contribution is -0.111. The first kappa shape index (κ1) is 25.5. The molecule has 1 aliphatic rings. The number of carbonyl (C=O) groups is 1. The van der Waals surface area contributed by atoms with Crippen molar-refractivity contribution in [1.82, 2.24) is 14.9 Å². The van der Waals surface area contributed by atoms with Gasteiger partial charge in [0.2, 0.25) is 11.9 Å². The second-order valence-corrected chi connectivity index (χ2v) is 9.71. The van der Waals surface area contributed by atoms with Gasteiger partial charge in [0.05, 0.1) is 5.52 Å². The lowest BCUT2D eigenvalue weighted by atomic mass is 9.90. The second-order valence-electron chi connectivity index (χ2n) is 9.71. The van der Waals surface area contributed by atoms with Crippen LogP contribution in [0.15, 0.2) is 85.6 Å². The van der Waals surface area contributed by atoms with Gasteiger partial charge in [-0.2, -0.15) is 0 Å². The van der Waals surface area contributed by atoms with Crippen molar-refractivity contribution in [2.24, 2.45) is 5.92 Å². The van der Waals surface area contributed by atoms with Crippen molar-refractivity contribution in [3.8, 4) is 11.1 Å². The van der Waals surface area contributed by atoms with Crippen LogP contribution in [0.1, 0.15) is 18.4 Å². The van der Waals surface area contributed by atoms with Crippen LogP contribution in [0.25, 0.3) is 22.0 Å². The van der Waals surface area contributed by atoms with E-state index in [1.807, 2.05) is 48.7 Å². The molecule has 1 fully saturated rings. The predicted octanol–water partition coefficient (Wildman–Crippen LogP) is 6.39. The number of carbonyl (C=O) groups excluding carboxylic acids is 1. The number of hydrogen-bond acceptors (Lipinski definition) is 5. The molecule has 2 N–H and O–H groups in total. The molecule has 1 amide bonds. The van der Waals surface area contributed by atoms with Gasteiger partial charge in [0.1, 0.15) is 6.67 Å². The monoisotopic (exact) mass is 509 g/mol. The van der Waals surface area contributed by atoms with Crippen LogP contribution in [0.3, 0.4) is 0 Å². The fourth-order valence-electron chi connectivity index (χ4n) is 5.03. The molecule has 5 rings (SSSR count). The molecule has 0 radical (unpaired) electrons. The summed E-state index contributed by atoms with van der Waals surface area (Å²) < 4.78 is 12.6. The standard InChI is InChI=1S/C31H32FN5O/c1-2-29(38)34-27-7-3-5-24(20-27)28-8-4-6-25-21-33-31(36-30(25)28)35-26-11-9-22(10-12-26)19-23-13-16-37(17-14-23)18-15-32/h2-12,20-21,23H,1,13-19H2,(H,34,38)(H,33,35,36). The van der Waals surface area contributed by atoms with E-state index in [1.165, 1.54) is 11.6 Å². The van der Waals surface area contributed by atoms with Crippen LogP contribution in [0.2, 0.25) is 0 Å². The number of benzene rings is 3. The lowest BCUT2D eigenvalue weighted by Crippen LogP contribution is -2.35. The molecular formula is C31H32FN5O. The molecular weight excluding hydrogens is 477 g/mol. The van der Waals surface area contributed by atoms with Crippen LogP contribution in [-0.4, -0.2) is 47.1 Å². The Balaban J connectivity index is 1.29. The quantitative estimate of drug-likeness (QED) is 0.256. The average molecular weight is 510 g/mol. The van der Waals surface area contributed by atoms with Crippen molar-refractivity contribution < 1.29 is 9.18 Å². The summed E-state index contributed by atoms with van der Waals surface area (Å²) in [6.45, 7) is 5.79. The highest BCUT2D eigenvalue weighted by Gasteiger charge is 2.19. The third-order valence-corrected chi connectivity index (χ3v) is 7.08. The average Bonchev–Trinajstić information content (AvgIpc) is 2.95. The number of rotatable bonds is 9. The Labute approximate surface area is 222 Å². The number of nitrogens with one attached hydrogen (secondary N) is 2. The molecule has 7 heteroatoms. The number of hydrogen-bond donors (Lipinski definition) is 2. The molecule has 0 spiro atoms. The van der Waals surface area contributed by atoms with Gasteiger partial charge >= 0.3 is 0 Å². The maximum absolute atomic E-state index is 12.6. The minimum Gasteiger partial charge on any atom is -0.324 e. The first-order chi connectivity index (χ1) is 18.6. The van der Waals surface area contributed by atoms with Crippen LogP contribution in [-0.2, 0) is 11.2 Å². The smallest absolute Gasteiger partial charge is 0.247 e. The van der Waals surface area contributed by atoms with Gasteiger partial charge < -0.3 is 15.5 Å². The maximum atomic E-state index is 12.6. The topological polar surface area (TPSA) is 70.2 Å². The van der Waals surface area contributed by atoms with Crippen LogP contribution in [0, 0.1) is 5.92 Å². The number of amides is 1. The van der Waals surface area contributed by atoms with E-state index in [0.29, 0.717) is 24.1 Å². The zero-order chi connectivity index (χ0) is 26.3. The van der Waals surface area contributed by atoms with Crippen LogP contribution in [0.4, 0.5) is 21.7 Å². The fourth-order valence-corrected chi connectivity index (χ4v) is 5.03. The van der Waals surface area contributed by atoms with Crippen molar-refractivity contribution in [1.29, 1.82) is 0 Å². The molecule has 0 unspecified atom stereocenters. The Bertz CT molecular complexity index is 1410. The molecule has 0 aliphatic carbocycles. The molecule has 0 bridgehead atoms. The van der Waals surface area contributed by atoms with Crippen molar-refractivity contribution in [3.05, 3.63) is 91.1 Å². The number of fused-ring (bicyclic) bond motifs is 1. The number of piperidine rings is 1. The summed E-state index contributed by atoms with van der Waals surface area (Å²) in [5.41, 5.74) is 5.66. The summed E-state index contributed by atoms with van der Waals surface area (Å²) in [4.78, 5) is 23.3. The molecule has 4 aromatic rings. The van der Waals surface area contributed by atoms with Crippen molar-refractivity contribution >= 4 is 34.1 Å². The summed E-state index contributed by atoms with van der Waals surface area (Å²) in [7, 11) is 0. The highest BCUT2D eigenvalue weighted by Crippen LogP contribution is 2.30. The van der Waals surface area contributed by atoms with E-state index in [1.54, 1.807) is 0 Å². The highest BCUT2D eigenvalue weighted by molar-refractivity contribution is 6.00. The molecule has 3 aromatic carbocycles. The van der Waals surface area contributed by atoms with E-state index < -0.39 is 0 Å². The molecule has 1 aliphatic heterocycles. The number of likely N-dealkylation sites (tertiary alicyclic amines) is 1. The lowest BCUT2D eigenvalue weighted by Gasteiger charge is -2.31. The van der Waals surface area contributed by atoms with Gasteiger partial charge in [-0.1, -0.05) is 49.0 Å². The van der Waals surface area contributed by atoms with E-state index in [-0.39, 0.29) is 12.6 Å². The Kier molecular flexibility index (Phi) is 8.04. The summed E-state index contributed by atoms with van der Waals surface area (Å²) in [6.07, 6.45) is 6.36. The molecule has 6 nitrogen and oxygen atoms in total. The summed E-state index contributed by atoms with van der Waals surface area (Å²) in [6, 6.07) is 22.1. The summed E-state index contributed by atoms with van der Waals surface area (Å²) in [5, 5.41) is 7.08. The Hall–Kier alpha value is -4.10. The van der Waals surface area contributed by atoms with E-state index in [4.69, 9.17) is 4.98 Å².